The van der Waals surface area contributed by atoms with Gasteiger partial charge in [0.1, 0.15) is 0 Å². The molecule has 1 aromatic carbocycles. The van der Waals surface area contributed by atoms with Crippen molar-refractivity contribution in [2.24, 2.45) is 5.41 Å². The van der Waals surface area contributed by atoms with E-state index in [-0.39, 0.29) is 29.8 Å². The van der Waals surface area contributed by atoms with Crippen molar-refractivity contribution in [3.05, 3.63) is 59.9 Å². The molecule has 0 N–H and O–H groups in total. The lowest BCUT2D eigenvalue weighted by Gasteiger charge is -2.32. The first kappa shape index (κ1) is 26.7. The number of benzene rings is 1. The van der Waals surface area contributed by atoms with Gasteiger partial charge in [0.25, 0.3) is 0 Å². The summed E-state index contributed by atoms with van der Waals surface area (Å²) in [5.74, 6) is -0.0137. The number of methoxy groups -OCH3 is 1. The molecule has 0 saturated heterocycles. The Labute approximate surface area is 199 Å². The van der Waals surface area contributed by atoms with E-state index in [1.807, 2.05) is 63.8 Å². The molecule has 6 heteroatoms. The number of hydrogen-bond acceptors (Lipinski definition) is 3. The van der Waals surface area contributed by atoms with Crippen LogP contribution >= 0.6 is 0 Å². The summed E-state index contributed by atoms with van der Waals surface area (Å²) in [6.45, 7) is 12.6. The van der Waals surface area contributed by atoms with Gasteiger partial charge in [-0.1, -0.05) is 51.1 Å². The van der Waals surface area contributed by atoms with E-state index in [1.165, 1.54) is 5.56 Å². The number of carbonyl (C=O) groups is 2. The second-order valence-electron chi connectivity index (χ2n) is 10.1. The van der Waals surface area contributed by atoms with Gasteiger partial charge in [0.05, 0.1) is 13.1 Å². The summed E-state index contributed by atoms with van der Waals surface area (Å²) in [6.07, 6.45) is 3.17. The molecule has 0 spiro atoms. The van der Waals surface area contributed by atoms with Gasteiger partial charge >= 0.3 is 0 Å². The molecule has 0 aliphatic carbocycles. The lowest BCUT2D eigenvalue weighted by molar-refractivity contribution is -0.143. The Morgan fingerprint density at radius 2 is 1.73 bits per heavy atom. The molecule has 0 aliphatic rings. The zero-order chi connectivity index (χ0) is 24.4. The third kappa shape index (κ3) is 9.04. The molecule has 0 unspecified atom stereocenters. The SMILES string of the molecule is COCCCN(CC(=O)N(Cc1cccn1Cc1ccccc1)C(C)C)C(=O)CC(C)(C)C. The molecule has 0 bridgehead atoms. The Morgan fingerprint density at radius 1 is 1.03 bits per heavy atom. The van der Waals surface area contributed by atoms with Crippen LogP contribution in [0.3, 0.4) is 0 Å². The largest absolute Gasteiger partial charge is 0.385 e. The molecule has 33 heavy (non-hydrogen) atoms. The summed E-state index contributed by atoms with van der Waals surface area (Å²) in [6, 6.07) is 14.4. The predicted molar refractivity (Wildman–Crippen MR) is 133 cm³/mol. The van der Waals surface area contributed by atoms with Gasteiger partial charge in [0.2, 0.25) is 11.8 Å². The average molecular weight is 456 g/mol. The van der Waals surface area contributed by atoms with Gasteiger partial charge in [-0.15, -0.1) is 0 Å². The number of ether oxygens (including phenoxy) is 1. The van der Waals surface area contributed by atoms with Crippen molar-refractivity contribution >= 4 is 11.8 Å². The lowest BCUT2D eigenvalue weighted by Crippen LogP contribution is -2.46. The van der Waals surface area contributed by atoms with Crippen LogP contribution in [0.5, 0.6) is 0 Å². The molecule has 2 aromatic rings. The summed E-state index contributed by atoms with van der Waals surface area (Å²) in [7, 11) is 1.65. The fraction of sp³-hybridized carbons (Fsp3) is 0.556. The summed E-state index contributed by atoms with van der Waals surface area (Å²) < 4.78 is 7.34. The maximum absolute atomic E-state index is 13.4. The number of rotatable bonds is 12. The Morgan fingerprint density at radius 3 is 2.33 bits per heavy atom. The Balaban J connectivity index is 2.13. The van der Waals surface area contributed by atoms with Gasteiger partial charge in [-0.2, -0.15) is 0 Å². The molecule has 2 rings (SSSR count). The molecule has 1 heterocycles. The molecule has 6 nitrogen and oxygen atoms in total. The molecule has 0 fully saturated rings. The van der Waals surface area contributed by atoms with Crippen LogP contribution in [0.15, 0.2) is 48.7 Å². The van der Waals surface area contributed by atoms with Crippen molar-refractivity contribution < 1.29 is 14.3 Å². The van der Waals surface area contributed by atoms with Gasteiger partial charge in [-0.25, -0.2) is 0 Å². The van der Waals surface area contributed by atoms with Gasteiger partial charge in [0, 0.05) is 51.2 Å². The zero-order valence-electron chi connectivity index (χ0n) is 21.2. The number of hydrogen-bond donors (Lipinski definition) is 0. The van der Waals surface area contributed by atoms with Gasteiger partial charge < -0.3 is 19.1 Å². The van der Waals surface area contributed by atoms with Crippen molar-refractivity contribution in [1.82, 2.24) is 14.4 Å². The summed E-state index contributed by atoms with van der Waals surface area (Å²) in [5.41, 5.74) is 2.16. The highest BCUT2D eigenvalue weighted by atomic mass is 16.5. The highest BCUT2D eigenvalue weighted by Crippen LogP contribution is 2.20. The second-order valence-corrected chi connectivity index (χ2v) is 10.1. The minimum Gasteiger partial charge on any atom is -0.385 e. The van der Waals surface area contributed by atoms with Crippen LogP contribution in [0, 0.1) is 5.41 Å². The first-order valence-electron chi connectivity index (χ1n) is 11.8. The molecular formula is C27H41N3O3. The number of carbonyl (C=O) groups excluding carboxylic acids is 2. The minimum absolute atomic E-state index is 0.0168. The topological polar surface area (TPSA) is 54.8 Å². The van der Waals surface area contributed by atoms with Crippen molar-refractivity contribution in [1.29, 1.82) is 0 Å². The Kier molecular flexibility index (Phi) is 10.2. The highest BCUT2D eigenvalue weighted by Gasteiger charge is 2.26. The number of aromatic nitrogens is 1. The first-order chi connectivity index (χ1) is 15.6. The molecular weight excluding hydrogens is 414 g/mol. The quantitative estimate of drug-likeness (QED) is 0.441. The predicted octanol–water partition coefficient (Wildman–Crippen LogP) is 4.57. The number of amides is 2. The van der Waals surface area contributed by atoms with Gasteiger partial charge in [0.15, 0.2) is 0 Å². The summed E-state index contributed by atoms with van der Waals surface area (Å²) >= 11 is 0. The Hall–Kier alpha value is -2.60. The third-order valence-electron chi connectivity index (χ3n) is 5.53. The van der Waals surface area contributed by atoms with Crippen LogP contribution in [0.4, 0.5) is 0 Å². The van der Waals surface area contributed by atoms with Crippen molar-refractivity contribution in [2.75, 3.05) is 26.8 Å². The molecule has 0 atom stereocenters. The van der Waals surface area contributed by atoms with E-state index < -0.39 is 0 Å². The van der Waals surface area contributed by atoms with Crippen LogP contribution < -0.4 is 0 Å². The smallest absolute Gasteiger partial charge is 0.242 e. The maximum atomic E-state index is 13.4. The first-order valence-corrected chi connectivity index (χ1v) is 11.8. The summed E-state index contributed by atoms with van der Waals surface area (Å²) in [5, 5.41) is 0. The Bertz CT molecular complexity index is 868. The van der Waals surface area contributed by atoms with Crippen LogP contribution in [0.25, 0.3) is 0 Å². The highest BCUT2D eigenvalue weighted by molar-refractivity contribution is 5.85. The maximum Gasteiger partial charge on any atom is 0.242 e. The van der Waals surface area contributed by atoms with E-state index in [0.717, 1.165) is 12.2 Å². The van der Waals surface area contributed by atoms with Gasteiger partial charge in [-0.3, -0.25) is 9.59 Å². The second kappa shape index (κ2) is 12.6. The molecule has 0 radical (unpaired) electrons. The molecule has 2 amide bonds. The number of nitrogens with zero attached hydrogens (tertiary/aromatic N) is 3. The van der Waals surface area contributed by atoms with E-state index in [4.69, 9.17) is 4.74 Å². The fourth-order valence-corrected chi connectivity index (χ4v) is 3.77. The zero-order valence-corrected chi connectivity index (χ0v) is 21.2. The van der Waals surface area contributed by atoms with Crippen LogP contribution in [0.2, 0.25) is 0 Å². The summed E-state index contributed by atoms with van der Waals surface area (Å²) in [4.78, 5) is 29.9. The van der Waals surface area contributed by atoms with E-state index in [0.29, 0.717) is 32.5 Å². The fourth-order valence-electron chi connectivity index (χ4n) is 3.77. The molecule has 1 aromatic heterocycles. The van der Waals surface area contributed by atoms with Crippen LogP contribution in [-0.2, 0) is 27.4 Å². The van der Waals surface area contributed by atoms with Crippen molar-refractivity contribution in [3.63, 3.8) is 0 Å². The van der Waals surface area contributed by atoms with Crippen molar-refractivity contribution in [2.45, 2.75) is 66.6 Å². The average Bonchev–Trinajstić information content (AvgIpc) is 3.17. The molecule has 0 aliphatic heterocycles. The molecule has 182 valence electrons. The monoisotopic (exact) mass is 455 g/mol. The standard InChI is InChI=1S/C27H41N3O3/c1-22(2)30(20-24-14-10-15-28(24)19-23-12-8-7-9-13-23)26(32)21-29(16-11-17-33-6)25(31)18-27(3,4)5/h7-10,12-15,22H,11,16-21H2,1-6H3. The minimum atomic E-state index is -0.129. The third-order valence-corrected chi connectivity index (χ3v) is 5.53. The van der Waals surface area contributed by atoms with E-state index >= 15 is 0 Å². The van der Waals surface area contributed by atoms with Crippen molar-refractivity contribution in [3.8, 4) is 0 Å². The lowest BCUT2D eigenvalue weighted by atomic mass is 9.91. The van der Waals surface area contributed by atoms with Crippen LogP contribution in [-0.4, -0.2) is 59.0 Å². The van der Waals surface area contributed by atoms with E-state index in [2.05, 4.69) is 29.0 Å². The normalized spacial score (nSPS) is 11.6. The van der Waals surface area contributed by atoms with Gasteiger partial charge in [-0.05, 0) is 43.4 Å². The van der Waals surface area contributed by atoms with E-state index in [9.17, 15) is 9.59 Å². The molecule has 0 saturated carbocycles. The van der Waals surface area contributed by atoms with Crippen LogP contribution in [0.1, 0.15) is 58.7 Å². The van der Waals surface area contributed by atoms with E-state index in [1.54, 1.807) is 12.0 Å².